The van der Waals surface area contributed by atoms with E-state index >= 15 is 0 Å². The largest absolute Gasteiger partial charge is 0.484 e. The third-order valence-corrected chi connectivity index (χ3v) is 4.72. The summed E-state index contributed by atoms with van der Waals surface area (Å²) < 4.78 is 5.61. The second-order valence-corrected chi connectivity index (χ2v) is 8.03. The lowest BCUT2D eigenvalue weighted by atomic mass is 9.87. The van der Waals surface area contributed by atoms with E-state index in [4.69, 9.17) is 4.74 Å². The number of hydrogen-bond acceptors (Lipinski definition) is 3. The van der Waals surface area contributed by atoms with Crippen LogP contribution in [0.4, 0.5) is 0 Å². The third-order valence-electron chi connectivity index (χ3n) is 4.72. The Labute approximate surface area is 146 Å². The van der Waals surface area contributed by atoms with Crippen LogP contribution in [0.25, 0.3) is 0 Å². The monoisotopic (exact) mass is 332 g/mol. The van der Waals surface area contributed by atoms with Crippen LogP contribution in [0.2, 0.25) is 0 Å². The Kier molecular flexibility index (Phi) is 6.27. The van der Waals surface area contributed by atoms with Gasteiger partial charge in [0.1, 0.15) is 5.75 Å². The zero-order chi connectivity index (χ0) is 17.7. The van der Waals surface area contributed by atoms with Crippen LogP contribution >= 0.6 is 0 Å². The first-order chi connectivity index (χ1) is 11.3. The molecular formula is C20H32N2O2. The molecule has 1 amide bonds. The van der Waals surface area contributed by atoms with Gasteiger partial charge >= 0.3 is 0 Å². The molecule has 1 aromatic carbocycles. The Balaban J connectivity index is 1.74. The zero-order valence-electron chi connectivity index (χ0n) is 15.8. The second-order valence-electron chi connectivity index (χ2n) is 8.03. The van der Waals surface area contributed by atoms with Crippen molar-refractivity contribution in [3.05, 3.63) is 29.8 Å². The number of rotatable bonds is 5. The van der Waals surface area contributed by atoms with E-state index in [1.54, 1.807) is 0 Å². The highest BCUT2D eigenvalue weighted by Gasteiger charge is 2.22. The molecule has 0 atom stereocenters. The first kappa shape index (κ1) is 18.8. The van der Waals surface area contributed by atoms with E-state index < -0.39 is 0 Å². The van der Waals surface area contributed by atoms with Crippen LogP contribution in [0.3, 0.4) is 0 Å². The predicted molar refractivity (Wildman–Crippen MR) is 98.5 cm³/mol. The molecule has 1 N–H and O–H groups in total. The molecule has 1 aliphatic heterocycles. The zero-order valence-corrected chi connectivity index (χ0v) is 15.8. The molecule has 0 unspecified atom stereocenters. The van der Waals surface area contributed by atoms with Gasteiger partial charge in [-0.05, 0) is 49.8 Å². The predicted octanol–water partition coefficient (Wildman–Crippen LogP) is 3.35. The molecule has 4 nitrogen and oxygen atoms in total. The normalized spacial score (nSPS) is 17.1. The van der Waals surface area contributed by atoms with Gasteiger partial charge in [-0.2, -0.15) is 0 Å². The summed E-state index contributed by atoms with van der Waals surface area (Å²) in [7, 11) is 0. The van der Waals surface area contributed by atoms with E-state index in [2.05, 4.69) is 57.0 Å². The molecule has 1 saturated heterocycles. The first-order valence-electron chi connectivity index (χ1n) is 9.02. The average molecular weight is 332 g/mol. The standard InChI is InChI=1S/C20H32N2O2/c1-15(2)22-12-10-17(11-13-22)21-19(23)14-24-18-8-6-16(7-9-18)20(3,4)5/h6-9,15,17H,10-14H2,1-5H3,(H,21,23). The van der Waals surface area contributed by atoms with Crippen molar-refractivity contribution >= 4 is 5.91 Å². The van der Waals surface area contributed by atoms with E-state index in [0.717, 1.165) is 31.7 Å². The summed E-state index contributed by atoms with van der Waals surface area (Å²) >= 11 is 0. The Bertz CT molecular complexity index is 524. The molecule has 24 heavy (non-hydrogen) atoms. The molecule has 1 heterocycles. The van der Waals surface area contributed by atoms with Gasteiger partial charge in [0.25, 0.3) is 5.91 Å². The number of nitrogens with one attached hydrogen (secondary N) is 1. The first-order valence-corrected chi connectivity index (χ1v) is 9.02. The Morgan fingerprint density at radius 2 is 1.79 bits per heavy atom. The summed E-state index contributed by atoms with van der Waals surface area (Å²) in [4.78, 5) is 14.5. The molecule has 0 bridgehead atoms. The van der Waals surface area contributed by atoms with Gasteiger partial charge in [0.15, 0.2) is 6.61 Å². The lowest BCUT2D eigenvalue weighted by Gasteiger charge is -2.34. The molecule has 4 heteroatoms. The number of benzene rings is 1. The number of piperidine rings is 1. The fraction of sp³-hybridized carbons (Fsp3) is 0.650. The van der Waals surface area contributed by atoms with Crippen LogP contribution in [0, 0.1) is 0 Å². The van der Waals surface area contributed by atoms with Gasteiger partial charge in [0, 0.05) is 25.2 Å². The number of likely N-dealkylation sites (tertiary alicyclic amines) is 1. The van der Waals surface area contributed by atoms with Gasteiger partial charge in [-0.3, -0.25) is 4.79 Å². The van der Waals surface area contributed by atoms with Gasteiger partial charge in [-0.15, -0.1) is 0 Å². The lowest BCUT2D eigenvalue weighted by molar-refractivity contribution is -0.124. The minimum atomic E-state index is -0.0297. The molecular weight excluding hydrogens is 300 g/mol. The van der Waals surface area contributed by atoms with Crippen molar-refractivity contribution in [1.82, 2.24) is 10.2 Å². The minimum Gasteiger partial charge on any atom is -0.484 e. The fourth-order valence-electron chi connectivity index (χ4n) is 3.03. The molecule has 0 spiro atoms. The topological polar surface area (TPSA) is 41.6 Å². The highest BCUT2D eigenvalue weighted by atomic mass is 16.5. The number of carbonyl (C=O) groups is 1. The third kappa shape index (κ3) is 5.52. The molecule has 1 aliphatic rings. The fourth-order valence-corrected chi connectivity index (χ4v) is 3.03. The summed E-state index contributed by atoms with van der Waals surface area (Å²) in [5.41, 5.74) is 1.39. The van der Waals surface area contributed by atoms with Gasteiger partial charge in [0.2, 0.25) is 0 Å². The highest BCUT2D eigenvalue weighted by molar-refractivity contribution is 5.77. The van der Waals surface area contributed by atoms with E-state index in [9.17, 15) is 4.79 Å². The summed E-state index contributed by atoms with van der Waals surface area (Å²) in [5, 5.41) is 3.09. The van der Waals surface area contributed by atoms with Gasteiger partial charge in [-0.1, -0.05) is 32.9 Å². The number of ether oxygens (including phenoxy) is 1. The smallest absolute Gasteiger partial charge is 0.258 e. The summed E-state index contributed by atoms with van der Waals surface area (Å²) in [6.45, 7) is 13.2. The van der Waals surface area contributed by atoms with Crippen molar-refractivity contribution in [2.75, 3.05) is 19.7 Å². The van der Waals surface area contributed by atoms with E-state index in [-0.39, 0.29) is 24.0 Å². The molecule has 134 valence electrons. The lowest BCUT2D eigenvalue weighted by Crippen LogP contribution is -2.47. The average Bonchev–Trinajstić information content (AvgIpc) is 2.53. The van der Waals surface area contributed by atoms with Gasteiger partial charge in [0.05, 0.1) is 0 Å². The SMILES string of the molecule is CC(C)N1CCC(NC(=O)COc2ccc(C(C)(C)C)cc2)CC1. The van der Waals surface area contributed by atoms with Crippen molar-refractivity contribution in [3.63, 3.8) is 0 Å². The van der Waals surface area contributed by atoms with Crippen molar-refractivity contribution in [1.29, 1.82) is 0 Å². The van der Waals surface area contributed by atoms with Crippen molar-refractivity contribution in [2.24, 2.45) is 0 Å². The second kappa shape index (κ2) is 8.02. The van der Waals surface area contributed by atoms with Crippen LogP contribution < -0.4 is 10.1 Å². The van der Waals surface area contributed by atoms with Gasteiger partial charge < -0.3 is 15.0 Å². The maximum Gasteiger partial charge on any atom is 0.258 e. The Morgan fingerprint density at radius 1 is 1.21 bits per heavy atom. The molecule has 2 rings (SSSR count). The van der Waals surface area contributed by atoms with E-state index in [0.29, 0.717) is 6.04 Å². The Hall–Kier alpha value is -1.55. The van der Waals surface area contributed by atoms with Crippen LogP contribution in [0.15, 0.2) is 24.3 Å². The summed E-state index contributed by atoms with van der Waals surface area (Å²) in [6, 6.07) is 8.87. The summed E-state index contributed by atoms with van der Waals surface area (Å²) in [5.74, 6) is 0.714. The van der Waals surface area contributed by atoms with Gasteiger partial charge in [-0.25, -0.2) is 0 Å². The summed E-state index contributed by atoms with van der Waals surface area (Å²) in [6.07, 6.45) is 2.04. The Morgan fingerprint density at radius 3 is 2.29 bits per heavy atom. The van der Waals surface area contributed by atoms with Crippen molar-refractivity contribution < 1.29 is 9.53 Å². The molecule has 1 fully saturated rings. The van der Waals surface area contributed by atoms with Crippen LogP contribution in [-0.4, -0.2) is 42.6 Å². The van der Waals surface area contributed by atoms with Crippen molar-refractivity contribution in [2.45, 2.75) is 65.0 Å². The van der Waals surface area contributed by atoms with Crippen LogP contribution in [0.5, 0.6) is 5.75 Å². The molecule has 0 radical (unpaired) electrons. The highest BCUT2D eigenvalue weighted by Crippen LogP contribution is 2.24. The maximum atomic E-state index is 12.1. The molecule has 0 aromatic heterocycles. The number of hydrogen-bond donors (Lipinski definition) is 1. The van der Waals surface area contributed by atoms with Crippen molar-refractivity contribution in [3.8, 4) is 5.75 Å². The number of nitrogens with zero attached hydrogens (tertiary/aromatic N) is 1. The van der Waals surface area contributed by atoms with E-state index in [1.807, 2.05) is 12.1 Å². The van der Waals surface area contributed by atoms with Crippen LogP contribution in [0.1, 0.15) is 53.0 Å². The molecule has 1 aromatic rings. The maximum absolute atomic E-state index is 12.1. The number of amides is 1. The van der Waals surface area contributed by atoms with E-state index in [1.165, 1.54) is 5.56 Å². The van der Waals surface area contributed by atoms with Crippen LogP contribution in [-0.2, 0) is 10.2 Å². The molecule has 0 aliphatic carbocycles. The number of carbonyl (C=O) groups excluding carboxylic acids is 1. The minimum absolute atomic E-state index is 0.0297. The molecule has 0 saturated carbocycles. The quantitative estimate of drug-likeness (QED) is 0.899.